The van der Waals surface area contributed by atoms with Crippen LogP contribution in [0.25, 0.3) is 10.8 Å². The maximum atomic E-state index is 13.2. The van der Waals surface area contributed by atoms with Crippen LogP contribution in [0, 0.1) is 12.7 Å². The lowest BCUT2D eigenvalue weighted by molar-refractivity contribution is -0.141. The number of carbonyl (C=O) groups is 2. The predicted octanol–water partition coefficient (Wildman–Crippen LogP) is 3.88. The zero-order valence-corrected chi connectivity index (χ0v) is 15.5. The molecule has 0 fully saturated rings. The number of esters is 1. The average Bonchev–Trinajstić information content (AvgIpc) is 3.30. The van der Waals surface area contributed by atoms with Crippen molar-refractivity contribution >= 4 is 23.2 Å². The van der Waals surface area contributed by atoms with Gasteiger partial charge >= 0.3 is 5.97 Å². The number of thiazole rings is 1. The van der Waals surface area contributed by atoms with Crippen LogP contribution in [0.1, 0.15) is 34.3 Å². The van der Waals surface area contributed by atoms with Crippen LogP contribution in [0.5, 0.6) is 0 Å². The number of benzene rings is 1. The van der Waals surface area contributed by atoms with Crippen molar-refractivity contribution in [3.05, 3.63) is 64.6 Å². The lowest BCUT2D eigenvalue weighted by Gasteiger charge is -2.17. The summed E-state index contributed by atoms with van der Waals surface area (Å²) in [6.45, 7) is 1.82. The maximum absolute atomic E-state index is 13.2. The minimum absolute atomic E-state index is 0.0811. The number of hydrogen-bond acceptors (Lipinski definition) is 6. The molecule has 6 nitrogen and oxygen atoms in total. The minimum atomic E-state index is -0.665. The number of nitrogens with zero attached hydrogens (tertiary/aromatic N) is 1. The number of furan rings is 1. The van der Waals surface area contributed by atoms with Crippen LogP contribution in [0.3, 0.4) is 0 Å². The van der Waals surface area contributed by atoms with Gasteiger partial charge in [0.15, 0.2) is 10.8 Å². The lowest BCUT2D eigenvalue weighted by atomic mass is 10.0. The second-order valence-corrected chi connectivity index (χ2v) is 6.66. The number of hydrogen-bond donors (Lipinski definition) is 1. The van der Waals surface area contributed by atoms with Gasteiger partial charge in [-0.05, 0) is 36.8 Å². The molecule has 3 aromatic rings. The molecular formula is C19H17FN2O4S. The fourth-order valence-electron chi connectivity index (χ4n) is 2.47. The summed E-state index contributed by atoms with van der Waals surface area (Å²) in [5.74, 6) is -0.00436. The largest absolute Gasteiger partial charge is 0.469 e. The first-order valence-corrected chi connectivity index (χ1v) is 8.99. The highest BCUT2D eigenvalue weighted by Gasteiger charge is 2.22. The third-order valence-corrected chi connectivity index (χ3v) is 4.72. The standard InChI is InChI=1S/C19H17FN2O4S/c1-11-3-8-16(26-11)19-22-15(10-27-19)18(24)21-14(9-17(23)25-2)12-4-6-13(20)7-5-12/h3-8,10,14H,9H2,1-2H3,(H,21,24)/t14-/m0/s1. The number of methoxy groups -OCH3 is 1. The Morgan fingerprint density at radius 1 is 1.26 bits per heavy atom. The number of aromatic nitrogens is 1. The van der Waals surface area contributed by atoms with Gasteiger partial charge in [0.2, 0.25) is 0 Å². The predicted molar refractivity (Wildman–Crippen MR) is 97.8 cm³/mol. The Labute approximate surface area is 159 Å². The molecule has 1 atom stereocenters. The highest BCUT2D eigenvalue weighted by atomic mass is 32.1. The monoisotopic (exact) mass is 388 g/mol. The summed E-state index contributed by atoms with van der Waals surface area (Å²) in [5.41, 5.74) is 0.799. The van der Waals surface area contributed by atoms with E-state index in [0.29, 0.717) is 16.3 Å². The molecule has 0 aliphatic carbocycles. The number of aryl methyl sites for hydroxylation is 1. The summed E-state index contributed by atoms with van der Waals surface area (Å²) in [6.07, 6.45) is -0.0811. The van der Waals surface area contributed by atoms with Crippen LogP contribution >= 0.6 is 11.3 Å². The van der Waals surface area contributed by atoms with Gasteiger partial charge in [-0.2, -0.15) is 0 Å². The first-order chi connectivity index (χ1) is 13.0. The molecule has 0 spiro atoms. The van der Waals surface area contributed by atoms with Crippen molar-refractivity contribution in [3.63, 3.8) is 0 Å². The van der Waals surface area contributed by atoms with E-state index in [1.807, 2.05) is 13.0 Å². The molecule has 1 aromatic carbocycles. The summed E-state index contributed by atoms with van der Waals surface area (Å²) < 4.78 is 23.4. The fourth-order valence-corrected chi connectivity index (χ4v) is 3.23. The molecule has 0 aliphatic rings. The maximum Gasteiger partial charge on any atom is 0.307 e. The SMILES string of the molecule is COC(=O)C[C@H](NC(=O)c1csc(-c2ccc(C)o2)n1)c1ccc(F)cc1. The summed E-state index contributed by atoms with van der Waals surface area (Å²) in [7, 11) is 1.27. The van der Waals surface area contributed by atoms with Crippen molar-refractivity contribution in [2.75, 3.05) is 7.11 Å². The van der Waals surface area contributed by atoms with Crippen molar-refractivity contribution in [1.29, 1.82) is 0 Å². The van der Waals surface area contributed by atoms with Gasteiger partial charge in [-0.1, -0.05) is 12.1 Å². The second kappa shape index (κ2) is 8.13. The first-order valence-electron chi connectivity index (χ1n) is 8.11. The van der Waals surface area contributed by atoms with Gasteiger partial charge < -0.3 is 14.5 Å². The van der Waals surface area contributed by atoms with Crippen molar-refractivity contribution in [2.24, 2.45) is 0 Å². The minimum Gasteiger partial charge on any atom is -0.469 e. The Bertz CT molecular complexity index is 949. The van der Waals surface area contributed by atoms with Crippen LogP contribution in [-0.2, 0) is 9.53 Å². The molecule has 0 saturated carbocycles. The van der Waals surface area contributed by atoms with Crippen LogP contribution in [0.15, 0.2) is 46.2 Å². The van der Waals surface area contributed by atoms with Gasteiger partial charge in [0.1, 0.15) is 17.3 Å². The summed E-state index contributed by atoms with van der Waals surface area (Å²) in [6, 6.07) is 8.51. The molecule has 2 heterocycles. The number of amides is 1. The molecule has 1 N–H and O–H groups in total. The van der Waals surface area contributed by atoms with Crippen molar-refractivity contribution in [2.45, 2.75) is 19.4 Å². The molecule has 0 aliphatic heterocycles. The van der Waals surface area contributed by atoms with E-state index in [2.05, 4.69) is 15.0 Å². The highest BCUT2D eigenvalue weighted by molar-refractivity contribution is 7.13. The smallest absolute Gasteiger partial charge is 0.307 e. The Kier molecular flexibility index (Phi) is 5.66. The van der Waals surface area contributed by atoms with Crippen LogP contribution in [0.2, 0.25) is 0 Å². The van der Waals surface area contributed by atoms with E-state index >= 15 is 0 Å². The second-order valence-electron chi connectivity index (χ2n) is 5.81. The van der Waals surface area contributed by atoms with Crippen LogP contribution < -0.4 is 5.32 Å². The third-order valence-electron chi connectivity index (χ3n) is 3.86. The van der Waals surface area contributed by atoms with E-state index in [-0.39, 0.29) is 12.1 Å². The lowest BCUT2D eigenvalue weighted by Crippen LogP contribution is -2.30. The van der Waals surface area contributed by atoms with Crippen LogP contribution in [-0.4, -0.2) is 24.0 Å². The van der Waals surface area contributed by atoms with E-state index in [1.54, 1.807) is 11.4 Å². The molecule has 27 heavy (non-hydrogen) atoms. The Hall–Kier alpha value is -3.00. The Morgan fingerprint density at radius 3 is 2.63 bits per heavy atom. The normalized spacial score (nSPS) is 11.8. The average molecular weight is 388 g/mol. The molecule has 0 radical (unpaired) electrons. The van der Waals surface area contributed by atoms with Gasteiger partial charge in [-0.3, -0.25) is 9.59 Å². The zero-order chi connectivity index (χ0) is 19.4. The summed E-state index contributed by atoms with van der Waals surface area (Å²) in [4.78, 5) is 28.6. The molecule has 2 aromatic heterocycles. The number of ether oxygens (including phenoxy) is 1. The Balaban J connectivity index is 1.78. The van der Waals surface area contributed by atoms with Gasteiger partial charge in [-0.15, -0.1) is 11.3 Å². The molecule has 3 rings (SSSR count). The zero-order valence-electron chi connectivity index (χ0n) is 14.7. The third kappa shape index (κ3) is 4.59. The Morgan fingerprint density at radius 2 is 2.00 bits per heavy atom. The van der Waals surface area contributed by atoms with Gasteiger partial charge in [-0.25, -0.2) is 9.37 Å². The molecule has 0 unspecified atom stereocenters. The van der Waals surface area contributed by atoms with Crippen molar-refractivity contribution in [1.82, 2.24) is 10.3 Å². The summed E-state index contributed by atoms with van der Waals surface area (Å²) in [5, 5.41) is 4.95. The molecular weight excluding hydrogens is 371 g/mol. The van der Waals surface area contributed by atoms with E-state index in [9.17, 15) is 14.0 Å². The van der Waals surface area contributed by atoms with E-state index in [0.717, 1.165) is 5.76 Å². The quantitative estimate of drug-likeness (QED) is 0.648. The molecule has 140 valence electrons. The topological polar surface area (TPSA) is 81.4 Å². The van der Waals surface area contributed by atoms with E-state index in [1.165, 1.54) is 42.7 Å². The number of carbonyl (C=O) groups excluding carboxylic acids is 2. The number of rotatable bonds is 6. The first kappa shape index (κ1) is 18.8. The molecule has 0 saturated heterocycles. The molecule has 8 heteroatoms. The number of halogens is 1. The van der Waals surface area contributed by atoms with Crippen molar-refractivity contribution < 1.29 is 23.1 Å². The molecule has 1 amide bonds. The fraction of sp³-hybridized carbons (Fsp3) is 0.211. The highest BCUT2D eigenvalue weighted by Crippen LogP contribution is 2.26. The van der Waals surface area contributed by atoms with E-state index < -0.39 is 23.7 Å². The van der Waals surface area contributed by atoms with Gasteiger partial charge in [0.25, 0.3) is 5.91 Å². The van der Waals surface area contributed by atoms with Gasteiger partial charge in [0.05, 0.1) is 19.6 Å². The van der Waals surface area contributed by atoms with Gasteiger partial charge in [0, 0.05) is 5.38 Å². The van der Waals surface area contributed by atoms with Crippen LogP contribution in [0.4, 0.5) is 4.39 Å². The van der Waals surface area contributed by atoms with Crippen molar-refractivity contribution in [3.8, 4) is 10.8 Å². The molecule has 0 bridgehead atoms. The summed E-state index contributed by atoms with van der Waals surface area (Å²) >= 11 is 1.28. The number of nitrogens with one attached hydrogen (secondary N) is 1. The van der Waals surface area contributed by atoms with E-state index in [4.69, 9.17) is 4.42 Å².